The minimum absolute atomic E-state index is 0.147. The molecule has 1 amide bonds. The molecule has 7 heteroatoms. The number of ether oxygens (including phenoxy) is 1. The molecule has 0 fully saturated rings. The summed E-state index contributed by atoms with van der Waals surface area (Å²) in [5, 5.41) is 12.2. The lowest BCUT2D eigenvalue weighted by Crippen LogP contribution is -2.36. The quantitative estimate of drug-likeness (QED) is 0.494. The molecule has 7 nitrogen and oxygen atoms in total. The summed E-state index contributed by atoms with van der Waals surface area (Å²) in [6, 6.07) is 3.70. The number of carboxylic acid groups (broad SMARTS) is 1. The van der Waals surface area contributed by atoms with Gasteiger partial charge < -0.3 is 19.6 Å². The molecule has 2 aromatic rings. The Hall–Kier alpha value is -2.83. The van der Waals surface area contributed by atoms with Crippen molar-refractivity contribution in [2.75, 3.05) is 6.54 Å². The van der Waals surface area contributed by atoms with E-state index in [0.29, 0.717) is 36.3 Å². The normalized spacial score (nSPS) is 13.9. The Bertz CT molecular complexity index is 977. The molecule has 0 unspecified atom stereocenters. The van der Waals surface area contributed by atoms with Gasteiger partial charge in [-0.3, -0.25) is 9.59 Å². The molecular weight excluding hydrogens is 374 g/mol. The van der Waals surface area contributed by atoms with Gasteiger partial charge >= 0.3 is 11.6 Å². The molecule has 1 aliphatic carbocycles. The number of carbonyl (C=O) groups is 2. The van der Waals surface area contributed by atoms with Gasteiger partial charge in [-0.05, 0) is 69.2 Å². The fourth-order valence-electron chi connectivity index (χ4n) is 3.78. The van der Waals surface area contributed by atoms with Crippen LogP contribution in [0.25, 0.3) is 11.0 Å². The molecule has 0 radical (unpaired) electrons. The van der Waals surface area contributed by atoms with Crippen LogP contribution in [0.3, 0.4) is 0 Å². The number of nitrogens with one attached hydrogen (secondary N) is 1. The minimum Gasteiger partial charge on any atom is -0.481 e. The summed E-state index contributed by atoms with van der Waals surface area (Å²) in [4.78, 5) is 35.1. The zero-order chi connectivity index (χ0) is 21.0. The number of rotatable bonds is 9. The van der Waals surface area contributed by atoms with Crippen molar-refractivity contribution < 1.29 is 23.8 Å². The third-order valence-electron chi connectivity index (χ3n) is 5.22. The van der Waals surface area contributed by atoms with Gasteiger partial charge in [0.2, 0.25) is 0 Å². The van der Waals surface area contributed by atoms with Crippen molar-refractivity contribution in [2.45, 2.75) is 64.9 Å². The van der Waals surface area contributed by atoms with E-state index in [2.05, 4.69) is 5.32 Å². The van der Waals surface area contributed by atoms with Crippen molar-refractivity contribution in [3.8, 4) is 5.75 Å². The van der Waals surface area contributed by atoms with Crippen molar-refractivity contribution in [3.63, 3.8) is 0 Å². The van der Waals surface area contributed by atoms with E-state index in [1.165, 1.54) is 0 Å². The van der Waals surface area contributed by atoms with Gasteiger partial charge in [-0.2, -0.15) is 0 Å². The second kappa shape index (κ2) is 9.11. The molecule has 0 aliphatic heterocycles. The second-order valence-corrected chi connectivity index (χ2v) is 7.59. The highest BCUT2D eigenvalue weighted by Gasteiger charge is 2.24. The lowest BCUT2D eigenvalue weighted by molar-refractivity contribution is -0.137. The van der Waals surface area contributed by atoms with Crippen molar-refractivity contribution >= 4 is 22.8 Å². The number of benzene rings is 1. The fraction of sp³-hybridized carbons (Fsp3) is 0.500. The van der Waals surface area contributed by atoms with E-state index in [4.69, 9.17) is 14.3 Å². The SMILES string of the molecule is Cc1cc(O[C@@H](C)C(=O)NCCCCCC(=O)O)c2c3c(c(=O)oc2c1)CCC3. The van der Waals surface area contributed by atoms with E-state index in [9.17, 15) is 14.4 Å². The molecule has 1 heterocycles. The van der Waals surface area contributed by atoms with Crippen LogP contribution in [0.2, 0.25) is 0 Å². The maximum atomic E-state index is 12.4. The van der Waals surface area contributed by atoms with Gasteiger partial charge in [-0.25, -0.2) is 4.79 Å². The van der Waals surface area contributed by atoms with E-state index in [1.807, 2.05) is 19.1 Å². The van der Waals surface area contributed by atoms with Crippen LogP contribution < -0.4 is 15.7 Å². The van der Waals surface area contributed by atoms with Gasteiger partial charge in [-0.15, -0.1) is 0 Å². The standard InChI is InChI=1S/C22H27NO6/c1-13-11-17(20-15-7-6-8-16(15)22(27)29-18(20)12-13)28-14(2)21(26)23-10-5-3-4-9-19(24)25/h11-12,14H,3-10H2,1-2H3,(H,23,26)(H,24,25)/t14-/m0/s1. The smallest absolute Gasteiger partial charge is 0.339 e. The molecule has 0 saturated heterocycles. The zero-order valence-electron chi connectivity index (χ0n) is 16.9. The van der Waals surface area contributed by atoms with Crippen molar-refractivity contribution in [1.29, 1.82) is 0 Å². The summed E-state index contributed by atoms with van der Waals surface area (Å²) in [5.41, 5.74) is 2.79. The van der Waals surface area contributed by atoms with E-state index >= 15 is 0 Å². The van der Waals surface area contributed by atoms with E-state index in [0.717, 1.165) is 42.2 Å². The Kier molecular flexibility index (Phi) is 6.56. The Morgan fingerprint density at radius 2 is 1.97 bits per heavy atom. The van der Waals surface area contributed by atoms with Gasteiger partial charge in [0, 0.05) is 18.5 Å². The molecule has 1 aromatic carbocycles. The number of carbonyl (C=O) groups excluding carboxylic acids is 1. The Morgan fingerprint density at radius 1 is 1.21 bits per heavy atom. The maximum Gasteiger partial charge on any atom is 0.339 e. The van der Waals surface area contributed by atoms with Crippen LogP contribution in [0.5, 0.6) is 5.75 Å². The predicted molar refractivity (Wildman–Crippen MR) is 108 cm³/mol. The second-order valence-electron chi connectivity index (χ2n) is 7.59. The lowest BCUT2D eigenvalue weighted by atomic mass is 10.0. The lowest BCUT2D eigenvalue weighted by Gasteiger charge is -2.18. The van der Waals surface area contributed by atoms with Crippen molar-refractivity contribution in [1.82, 2.24) is 5.32 Å². The highest BCUT2D eigenvalue weighted by molar-refractivity contribution is 5.89. The van der Waals surface area contributed by atoms with Crippen LogP contribution >= 0.6 is 0 Å². The first-order chi connectivity index (χ1) is 13.9. The highest BCUT2D eigenvalue weighted by Crippen LogP contribution is 2.35. The maximum absolute atomic E-state index is 12.4. The summed E-state index contributed by atoms with van der Waals surface area (Å²) >= 11 is 0. The van der Waals surface area contributed by atoms with Crippen LogP contribution in [0.15, 0.2) is 21.3 Å². The highest BCUT2D eigenvalue weighted by atomic mass is 16.5. The first-order valence-electron chi connectivity index (χ1n) is 10.1. The van der Waals surface area contributed by atoms with E-state index in [1.54, 1.807) is 6.92 Å². The summed E-state index contributed by atoms with van der Waals surface area (Å²) in [6.45, 7) is 4.06. The topological polar surface area (TPSA) is 106 Å². The van der Waals surface area contributed by atoms with Crippen LogP contribution in [-0.4, -0.2) is 29.6 Å². The Morgan fingerprint density at radius 3 is 2.72 bits per heavy atom. The fourth-order valence-corrected chi connectivity index (χ4v) is 3.78. The van der Waals surface area contributed by atoms with Gasteiger partial charge in [0.05, 0.1) is 5.39 Å². The van der Waals surface area contributed by atoms with Gasteiger partial charge in [0.15, 0.2) is 6.10 Å². The van der Waals surface area contributed by atoms with Crippen molar-refractivity contribution in [3.05, 3.63) is 39.2 Å². The van der Waals surface area contributed by atoms with Crippen LogP contribution in [0, 0.1) is 6.92 Å². The third-order valence-corrected chi connectivity index (χ3v) is 5.22. The Labute approximate surface area is 169 Å². The monoisotopic (exact) mass is 401 g/mol. The van der Waals surface area contributed by atoms with Crippen molar-refractivity contribution in [2.24, 2.45) is 0 Å². The van der Waals surface area contributed by atoms with E-state index < -0.39 is 12.1 Å². The summed E-state index contributed by atoms with van der Waals surface area (Å²) in [6.07, 6.45) is 3.92. The van der Waals surface area contributed by atoms with Crippen LogP contribution in [0.1, 0.15) is 55.7 Å². The molecule has 0 spiro atoms. The molecule has 0 bridgehead atoms. The molecule has 1 aliphatic rings. The molecular formula is C22H27NO6. The average Bonchev–Trinajstić information content (AvgIpc) is 3.14. The first kappa shape index (κ1) is 20.9. The molecule has 1 aromatic heterocycles. The molecule has 3 rings (SSSR count). The average molecular weight is 401 g/mol. The first-order valence-corrected chi connectivity index (χ1v) is 10.1. The number of hydrogen-bond acceptors (Lipinski definition) is 5. The number of carboxylic acids is 1. The molecule has 156 valence electrons. The summed E-state index contributed by atoms with van der Waals surface area (Å²) in [5.74, 6) is -0.471. The number of amides is 1. The third kappa shape index (κ3) is 4.96. The van der Waals surface area contributed by atoms with Gasteiger partial charge in [0.25, 0.3) is 5.91 Å². The molecule has 0 saturated carbocycles. The molecule has 29 heavy (non-hydrogen) atoms. The predicted octanol–water partition coefficient (Wildman–Crippen LogP) is 3.12. The zero-order valence-corrected chi connectivity index (χ0v) is 16.9. The number of fused-ring (bicyclic) bond motifs is 3. The largest absolute Gasteiger partial charge is 0.481 e. The number of hydrogen-bond donors (Lipinski definition) is 2. The molecule has 2 N–H and O–H groups in total. The minimum atomic E-state index is -0.802. The van der Waals surface area contributed by atoms with Gasteiger partial charge in [-0.1, -0.05) is 6.42 Å². The number of unbranched alkanes of at least 4 members (excludes halogenated alkanes) is 2. The molecule has 1 atom stereocenters. The summed E-state index contributed by atoms with van der Waals surface area (Å²) in [7, 11) is 0. The Balaban J connectivity index is 1.68. The van der Waals surface area contributed by atoms with Crippen LogP contribution in [0.4, 0.5) is 0 Å². The number of aryl methyl sites for hydroxylation is 2. The van der Waals surface area contributed by atoms with Crippen LogP contribution in [-0.2, 0) is 22.4 Å². The van der Waals surface area contributed by atoms with E-state index in [-0.39, 0.29) is 18.0 Å². The van der Waals surface area contributed by atoms with Gasteiger partial charge in [0.1, 0.15) is 11.3 Å². The summed E-state index contributed by atoms with van der Waals surface area (Å²) < 4.78 is 11.5. The number of aliphatic carboxylic acids is 1.